The molecule has 0 bridgehead atoms. The summed E-state index contributed by atoms with van der Waals surface area (Å²) < 4.78 is 1.85. The summed E-state index contributed by atoms with van der Waals surface area (Å²) in [6.45, 7) is 3.29. The molecule has 5 nitrogen and oxygen atoms in total. The minimum Gasteiger partial charge on any atom is -0.299 e. The van der Waals surface area contributed by atoms with Gasteiger partial charge in [-0.3, -0.25) is 4.90 Å². The fourth-order valence-corrected chi connectivity index (χ4v) is 2.68. The second-order valence-electron chi connectivity index (χ2n) is 5.51. The lowest BCUT2D eigenvalue weighted by Gasteiger charge is -2.30. The van der Waals surface area contributed by atoms with Crippen LogP contribution in [0.25, 0.3) is 17.1 Å². The van der Waals surface area contributed by atoms with Gasteiger partial charge in [0.05, 0.1) is 5.69 Å². The van der Waals surface area contributed by atoms with Gasteiger partial charge in [-0.1, -0.05) is 30.3 Å². The van der Waals surface area contributed by atoms with E-state index in [0.717, 1.165) is 23.6 Å². The molecule has 0 atom stereocenters. The molecule has 0 saturated carbocycles. The molecule has 0 radical (unpaired) electrons. The predicted octanol–water partition coefficient (Wildman–Crippen LogP) is 2.54. The summed E-state index contributed by atoms with van der Waals surface area (Å²) in [5, 5.41) is 4.76. The Labute approximate surface area is 129 Å². The van der Waals surface area contributed by atoms with Gasteiger partial charge in [-0.2, -0.15) is 5.10 Å². The van der Waals surface area contributed by atoms with Gasteiger partial charge in [0.2, 0.25) is 0 Å². The number of likely N-dealkylation sites (tertiary alicyclic amines) is 1. The number of nitrogens with zero attached hydrogens (tertiary/aromatic N) is 5. The van der Waals surface area contributed by atoms with Crippen molar-refractivity contribution < 1.29 is 0 Å². The Kier molecular flexibility index (Phi) is 3.40. The lowest BCUT2D eigenvalue weighted by molar-refractivity contribution is 0.173. The van der Waals surface area contributed by atoms with Crippen LogP contribution in [-0.4, -0.2) is 37.7 Å². The molecule has 5 heteroatoms. The second kappa shape index (κ2) is 5.69. The zero-order valence-electron chi connectivity index (χ0n) is 12.3. The topological polar surface area (TPSA) is 46.8 Å². The third-order valence-corrected chi connectivity index (χ3v) is 3.98. The van der Waals surface area contributed by atoms with Crippen molar-refractivity contribution in [1.82, 2.24) is 24.6 Å². The van der Waals surface area contributed by atoms with Gasteiger partial charge in [-0.05, 0) is 19.5 Å². The highest BCUT2D eigenvalue weighted by Crippen LogP contribution is 2.25. The fraction of sp³-hybridized carbons (Fsp3) is 0.235. The second-order valence-corrected chi connectivity index (χ2v) is 5.51. The maximum Gasteiger partial charge on any atom is 0.156 e. The van der Waals surface area contributed by atoms with Crippen LogP contribution in [0.4, 0.5) is 0 Å². The van der Waals surface area contributed by atoms with Crippen molar-refractivity contribution in [3.63, 3.8) is 0 Å². The summed E-state index contributed by atoms with van der Waals surface area (Å²) in [7, 11) is 0. The van der Waals surface area contributed by atoms with E-state index in [1.54, 1.807) is 12.5 Å². The first-order chi connectivity index (χ1) is 10.9. The van der Waals surface area contributed by atoms with Crippen molar-refractivity contribution in [3.8, 4) is 17.1 Å². The number of hydrogen-bond donors (Lipinski definition) is 0. The lowest BCUT2D eigenvalue weighted by atomic mass is 10.1. The highest BCUT2D eigenvalue weighted by Gasteiger charge is 2.19. The highest BCUT2D eigenvalue weighted by molar-refractivity contribution is 5.63. The molecule has 0 N–H and O–H groups in total. The van der Waals surface area contributed by atoms with Crippen LogP contribution in [0.5, 0.6) is 0 Å². The third-order valence-electron chi connectivity index (χ3n) is 3.98. The Morgan fingerprint density at radius 1 is 1.05 bits per heavy atom. The van der Waals surface area contributed by atoms with Crippen molar-refractivity contribution in [2.24, 2.45) is 0 Å². The average molecular weight is 291 g/mol. The molecular formula is C17H17N5. The molecule has 0 unspecified atom stereocenters. The molecule has 0 aliphatic carbocycles. The van der Waals surface area contributed by atoms with E-state index in [2.05, 4.69) is 33.2 Å². The summed E-state index contributed by atoms with van der Waals surface area (Å²) in [4.78, 5) is 10.7. The first kappa shape index (κ1) is 13.2. The highest BCUT2D eigenvalue weighted by atomic mass is 15.3. The van der Waals surface area contributed by atoms with Gasteiger partial charge in [0.1, 0.15) is 6.33 Å². The van der Waals surface area contributed by atoms with Crippen LogP contribution < -0.4 is 0 Å². The SMILES string of the molecule is c1ccc(-c2nn(-c3ccncn3)cc2CN2CCC2)cc1. The first-order valence-electron chi connectivity index (χ1n) is 7.53. The number of hydrogen-bond acceptors (Lipinski definition) is 4. The van der Waals surface area contributed by atoms with Crippen LogP contribution in [0.3, 0.4) is 0 Å². The lowest BCUT2D eigenvalue weighted by Crippen LogP contribution is -2.36. The largest absolute Gasteiger partial charge is 0.299 e. The van der Waals surface area contributed by atoms with Crippen LogP contribution in [0, 0.1) is 0 Å². The Hall–Kier alpha value is -2.53. The molecular weight excluding hydrogens is 274 g/mol. The molecule has 1 aliphatic heterocycles. The van der Waals surface area contributed by atoms with Crippen molar-refractivity contribution in [2.45, 2.75) is 13.0 Å². The molecule has 4 rings (SSSR count). The first-order valence-corrected chi connectivity index (χ1v) is 7.53. The van der Waals surface area contributed by atoms with Crippen LogP contribution in [0.2, 0.25) is 0 Å². The van der Waals surface area contributed by atoms with Gasteiger partial charge in [0.15, 0.2) is 5.82 Å². The molecule has 22 heavy (non-hydrogen) atoms. The maximum absolute atomic E-state index is 4.76. The van der Waals surface area contributed by atoms with Crippen LogP contribution in [-0.2, 0) is 6.54 Å². The number of rotatable bonds is 4. The standard InChI is InChI=1S/C17H17N5/c1-2-5-14(6-3-1)17-15(11-21-9-4-10-21)12-22(20-17)16-7-8-18-13-19-16/h1-3,5-8,12-13H,4,9-11H2. The summed E-state index contributed by atoms with van der Waals surface area (Å²) in [6.07, 6.45) is 6.67. The Balaban J connectivity index is 1.75. The molecule has 110 valence electrons. The van der Waals surface area contributed by atoms with Gasteiger partial charge < -0.3 is 0 Å². The minimum atomic E-state index is 0.794. The third kappa shape index (κ3) is 2.51. The Morgan fingerprint density at radius 3 is 2.59 bits per heavy atom. The molecule has 0 amide bonds. The zero-order valence-corrected chi connectivity index (χ0v) is 12.3. The Morgan fingerprint density at radius 2 is 1.91 bits per heavy atom. The van der Waals surface area contributed by atoms with Crippen molar-refractivity contribution in [2.75, 3.05) is 13.1 Å². The van der Waals surface area contributed by atoms with Gasteiger partial charge >= 0.3 is 0 Å². The zero-order chi connectivity index (χ0) is 14.8. The van der Waals surface area contributed by atoms with Crippen molar-refractivity contribution in [3.05, 3.63) is 60.7 Å². The van der Waals surface area contributed by atoms with E-state index in [-0.39, 0.29) is 0 Å². The molecule has 1 aromatic carbocycles. The predicted molar refractivity (Wildman–Crippen MR) is 84.5 cm³/mol. The molecule has 1 saturated heterocycles. The monoisotopic (exact) mass is 291 g/mol. The van der Waals surface area contributed by atoms with Crippen molar-refractivity contribution in [1.29, 1.82) is 0 Å². The maximum atomic E-state index is 4.76. The van der Waals surface area contributed by atoms with E-state index in [1.807, 2.05) is 28.9 Å². The number of aromatic nitrogens is 4. The van der Waals surface area contributed by atoms with E-state index >= 15 is 0 Å². The summed E-state index contributed by atoms with van der Waals surface area (Å²) in [5.74, 6) is 0.794. The summed E-state index contributed by atoms with van der Waals surface area (Å²) in [6, 6.07) is 12.2. The van der Waals surface area contributed by atoms with Crippen LogP contribution >= 0.6 is 0 Å². The van der Waals surface area contributed by atoms with Gasteiger partial charge in [-0.25, -0.2) is 14.6 Å². The van der Waals surface area contributed by atoms with Crippen LogP contribution in [0.15, 0.2) is 55.1 Å². The van der Waals surface area contributed by atoms with Gasteiger partial charge in [0, 0.05) is 36.1 Å². The molecule has 3 aromatic rings. The molecule has 0 spiro atoms. The van der Waals surface area contributed by atoms with Crippen LogP contribution in [0.1, 0.15) is 12.0 Å². The molecule has 3 heterocycles. The average Bonchev–Trinajstić information content (AvgIpc) is 2.97. The molecule has 1 fully saturated rings. The molecule has 2 aromatic heterocycles. The summed E-state index contributed by atoms with van der Waals surface area (Å²) >= 11 is 0. The Bertz CT molecular complexity index is 747. The van der Waals surface area contributed by atoms with Gasteiger partial charge in [-0.15, -0.1) is 0 Å². The normalized spacial score (nSPS) is 14.7. The van der Waals surface area contributed by atoms with E-state index < -0.39 is 0 Å². The quantitative estimate of drug-likeness (QED) is 0.741. The molecule has 1 aliphatic rings. The minimum absolute atomic E-state index is 0.794. The number of benzene rings is 1. The van der Waals surface area contributed by atoms with E-state index in [9.17, 15) is 0 Å². The van der Waals surface area contributed by atoms with Crippen molar-refractivity contribution >= 4 is 0 Å². The van der Waals surface area contributed by atoms with E-state index in [0.29, 0.717) is 0 Å². The van der Waals surface area contributed by atoms with E-state index in [4.69, 9.17) is 5.10 Å². The fourth-order valence-electron chi connectivity index (χ4n) is 2.68. The smallest absolute Gasteiger partial charge is 0.156 e. The summed E-state index contributed by atoms with van der Waals surface area (Å²) in [5.41, 5.74) is 3.42. The van der Waals surface area contributed by atoms with Gasteiger partial charge in [0.25, 0.3) is 0 Å². The van der Waals surface area contributed by atoms with E-state index in [1.165, 1.54) is 25.1 Å².